The molecule has 0 saturated carbocycles. The molecule has 0 radical (unpaired) electrons. The minimum Gasteiger partial charge on any atom is -0.392 e. The largest absolute Gasteiger partial charge is 0.392 e. The summed E-state index contributed by atoms with van der Waals surface area (Å²) in [5, 5.41) is 9.95. The van der Waals surface area contributed by atoms with E-state index in [2.05, 4.69) is 0 Å². The second-order valence-corrected chi connectivity index (χ2v) is 6.32. The van der Waals surface area contributed by atoms with Crippen LogP contribution < -0.4 is 0 Å². The number of nitrogens with zero attached hydrogens (tertiary/aromatic N) is 2. The van der Waals surface area contributed by atoms with E-state index in [0.717, 1.165) is 6.07 Å². The van der Waals surface area contributed by atoms with Gasteiger partial charge in [-0.05, 0) is 24.1 Å². The zero-order chi connectivity index (χ0) is 17.1. The maximum Gasteiger partial charge on any atom is 0.224 e. The maximum absolute atomic E-state index is 13.5. The molecule has 24 heavy (non-hydrogen) atoms. The van der Waals surface area contributed by atoms with Gasteiger partial charge in [0.1, 0.15) is 0 Å². The van der Waals surface area contributed by atoms with E-state index in [4.69, 9.17) is 4.74 Å². The molecule has 7 heteroatoms. The highest BCUT2D eigenvalue weighted by Gasteiger charge is 2.33. The molecule has 2 atom stereocenters. The third kappa shape index (κ3) is 3.91. The number of likely N-dealkylation sites (tertiary alicyclic amines) is 1. The monoisotopic (exact) mass is 340 g/mol. The fraction of sp³-hybridized carbons (Fsp3) is 0.588. The predicted molar refractivity (Wildman–Crippen MR) is 83.3 cm³/mol. The number of ether oxygens (including phenoxy) is 1. The summed E-state index contributed by atoms with van der Waals surface area (Å²) in [6.07, 6.45) is 0.269. The Hall–Kier alpha value is -1.57. The molecule has 0 aliphatic carbocycles. The molecule has 1 aromatic carbocycles. The summed E-state index contributed by atoms with van der Waals surface area (Å²) in [6, 6.07) is 3.62. The highest BCUT2D eigenvalue weighted by atomic mass is 19.2. The number of amides is 1. The first-order valence-corrected chi connectivity index (χ1v) is 8.27. The van der Waals surface area contributed by atoms with Gasteiger partial charge in [0.05, 0.1) is 19.3 Å². The normalized spacial score (nSPS) is 25.2. The second-order valence-electron chi connectivity index (χ2n) is 6.32. The number of aliphatic hydroxyl groups is 1. The molecular weight excluding hydrogens is 318 g/mol. The number of aliphatic hydroxyl groups excluding tert-OH is 1. The molecule has 2 aliphatic rings. The van der Waals surface area contributed by atoms with Crippen LogP contribution in [0, 0.1) is 11.6 Å². The number of hydrogen-bond acceptors (Lipinski definition) is 4. The number of benzene rings is 1. The van der Waals surface area contributed by atoms with E-state index in [-0.39, 0.29) is 11.9 Å². The lowest BCUT2D eigenvalue weighted by Gasteiger charge is -2.29. The van der Waals surface area contributed by atoms with Gasteiger partial charge in [-0.1, -0.05) is 6.07 Å². The van der Waals surface area contributed by atoms with Crippen LogP contribution in [0.3, 0.4) is 0 Å². The van der Waals surface area contributed by atoms with Gasteiger partial charge in [0.15, 0.2) is 11.6 Å². The van der Waals surface area contributed by atoms with E-state index in [1.54, 1.807) is 4.90 Å². The summed E-state index contributed by atoms with van der Waals surface area (Å²) >= 11 is 0. The third-order valence-electron chi connectivity index (χ3n) is 4.69. The van der Waals surface area contributed by atoms with Gasteiger partial charge < -0.3 is 14.7 Å². The predicted octanol–water partition coefficient (Wildman–Crippen LogP) is 1.32. The number of carbonyl (C=O) groups is 1. The molecular formula is C17H22F2N2O3. The SMILES string of the molecule is O=C(CCN1C[C@@H](O)C[C@@H]1c1ccc(F)c(F)c1)N1CCOCC1. The van der Waals surface area contributed by atoms with E-state index in [9.17, 15) is 18.7 Å². The average Bonchev–Trinajstić information content (AvgIpc) is 2.97. The summed E-state index contributed by atoms with van der Waals surface area (Å²) in [6.45, 7) is 3.25. The number of morpholine rings is 1. The fourth-order valence-corrected chi connectivity index (χ4v) is 3.40. The summed E-state index contributed by atoms with van der Waals surface area (Å²) < 4.78 is 31.8. The molecule has 1 amide bonds. The Labute approximate surface area is 139 Å². The lowest BCUT2D eigenvalue weighted by atomic mass is 10.0. The Morgan fingerprint density at radius 2 is 2.00 bits per heavy atom. The van der Waals surface area contributed by atoms with Gasteiger partial charge in [-0.3, -0.25) is 9.69 Å². The van der Waals surface area contributed by atoms with Gasteiger partial charge in [0.2, 0.25) is 5.91 Å². The summed E-state index contributed by atoms with van der Waals surface area (Å²) in [4.78, 5) is 16.0. The second kappa shape index (κ2) is 7.55. The molecule has 5 nitrogen and oxygen atoms in total. The van der Waals surface area contributed by atoms with Crippen LogP contribution in [0.5, 0.6) is 0 Å². The van der Waals surface area contributed by atoms with Gasteiger partial charge in [-0.25, -0.2) is 8.78 Å². The van der Waals surface area contributed by atoms with Crippen LogP contribution in [0.1, 0.15) is 24.4 Å². The van der Waals surface area contributed by atoms with Crippen molar-refractivity contribution in [2.45, 2.75) is 25.0 Å². The molecule has 2 heterocycles. The molecule has 0 spiro atoms. The summed E-state index contributed by atoms with van der Waals surface area (Å²) in [7, 11) is 0. The quantitative estimate of drug-likeness (QED) is 0.898. The van der Waals surface area contributed by atoms with Crippen molar-refractivity contribution in [2.75, 3.05) is 39.4 Å². The number of rotatable bonds is 4. The Morgan fingerprint density at radius 3 is 2.71 bits per heavy atom. The first kappa shape index (κ1) is 17.3. The molecule has 0 bridgehead atoms. The van der Waals surface area contributed by atoms with E-state index < -0.39 is 17.7 Å². The van der Waals surface area contributed by atoms with Gasteiger partial charge in [0, 0.05) is 38.6 Å². The molecule has 3 rings (SSSR count). The lowest BCUT2D eigenvalue weighted by molar-refractivity contribution is -0.135. The number of β-amino-alcohol motifs (C(OH)–C–C–N with tert-alkyl or cyclic N) is 1. The molecule has 2 aliphatic heterocycles. The van der Waals surface area contributed by atoms with Crippen LogP contribution >= 0.6 is 0 Å². The Bertz CT molecular complexity index is 593. The van der Waals surface area contributed by atoms with Crippen molar-refractivity contribution in [3.8, 4) is 0 Å². The smallest absolute Gasteiger partial charge is 0.224 e. The van der Waals surface area contributed by atoms with Crippen LogP contribution in [0.25, 0.3) is 0 Å². The molecule has 0 unspecified atom stereocenters. The summed E-state index contributed by atoms with van der Waals surface area (Å²) in [5.41, 5.74) is 0.629. The molecule has 2 fully saturated rings. The first-order chi connectivity index (χ1) is 11.5. The van der Waals surface area contributed by atoms with Crippen molar-refractivity contribution in [1.29, 1.82) is 0 Å². The van der Waals surface area contributed by atoms with Crippen LogP contribution in [-0.2, 0) is 9.53 Å². The van der Waals surface area contributed by atoms with Crippen molar-refractivity contribution in [1.82, 2.24) is 9.80 Å². The maximum atomic E-state index is 13.5. The van der Waals surface area contributed by atoms with Crippen molar-refractivity contribution in [2.24, 2.45) is 0 Å². The van der Waals surface area contributed by atoms with Crippen LogP contribution in [0.2, 0.25) is 0 Å². The number of carbonyl (C=O) groups excluding carboxylic acids is 1. The number of halogens is 2. The van der Waals surface area contributed by atoms with Gasteiger partial charge in [0.25, 0.3) is 0 Å². The highest BCUT2D eigenvalue weighted by Crippen LogP contribution is 2.32. The van der Waals surface area contributed by atoms with E-state index in [1.807, 2.05) is 4.90 Å². The van der Waals surface area contributed by atoms with Crippen LogP contribution in [0.4, 0.5) is 8.78 Å². The van der Waals surface area contributed by atoms with Gasteiger partial charge in [-0.15, -0.1) is 0 Å². The Balaban J connectivity index is 1.62. The molecule has 0 aromatic heterocycles. The molecule has 2 saturated heterocycles. The van der Waals surface area contributed by atoms with E-state index in [0.29, 0.717) is 57.8 Å². The first-order valence-electron chi connectivity index (χ1n) is 8.27. The molecule has 1 aromatic rings. The highest BCUT2D eigenvalue weighted by molar-refractivity contribution is 5.76. The van der Waals surface area contributed by atoms with Crippen LogP contribution in [-0.4, -0.2) is 66.3 Å². The fourth-order valence-electron chi connectivity index (χ4n) is 3.40. The number of hydrogen-bond donors (Lipinski definition) is 1. The minimum absolute atomic E-state index is 0.0590. The lowest BCUT2D eigenvalue weighted by Crippen LogP contribution is -2.42. The minimum atomic E-state index is -0.891. The molecule has 1 N–H and O–H groups in total. The summed E-state index contributed by atoms with van der Waals surface area (Å²) in [5.74, 6) is -1.71. The zero-order valence-corrected chi connectivity index (χ0v) is 13.5. The van der Waals surface area contributed by atoms with Crippen molar-refractivity contribution in [3.05, 3.63) is 35.4 Å². The van der Waals surface area contributed by atoms with E-state index in [1.165, 1.54) is 12.1 Å². The average molecular weight is 340 g/mol. The molecule has 132 valence electrons. The van der Waals surface area contributed by atoms with Gasteiger partial charge >= 0.3 is 0 Å². The van der Waals surface area contributed by atoms with Crippen LogP contribution in [0.15, 0.2) is 18.2 Å². The third-order valence-corrected chi connectivity index (χ3v) is 4.69. The Morgan fingerprint density at radius 1 is 1.25 bits per heavy atom. The van der Waals surface area contributed by atoms with Crippen molar-refractivity contribution >= 4 is 5.91 Å². The zero-order valence-electron chi connectivity index (χ0n) is 13.5. The van der Waals surface area contributed by atoms with Crippen molar-refractivity contribution in [3.63, 3.8) is 0 Å². The van der Waals surface area contributed by atoms with Crippen molar-refractivity contribution < 1.29 is 23.4 Å². The Kier molecular flexibility index (Phi) is 5.43. The van der Waals surface area contributed by atoms with Gasteiger partial charge in [-0.2, -0.15) is 0 Å². The van der Waals surface area contributed by atoms with E-state index >= 15 is 0 Å². The topological polar surface area (TPSA) is 53.0 Å². The standard InChI is InChI=1S/C17H22F2N2O3/c18-14-2-1-12(9-15(14)19)16-10-13(22)11-21(16)4-3-17(23)20-5-7-24-8-6-20/h1-2,9,13,16,22H,3-8,10-11H2/t13-,16+/m0/s1.